The van der Waals surface area contributed by atoms with Gasteiger partial charge < -0.3 is 16.0 Å². The average molecular weight is 284 g/mol. The molecule has 19 heavy (non-hydrogen) atoms. The Balaban J connectivity index is 2.03. The molecule has 2 rings (SSSR count). The summed E-state index contributed by atoms with van der Waals surface area (Å²) in [4.78, 5) is 2.40. The first kappa shape index (κ1) is 14.1. The van der Waals surface area contributed by atoms with Gasteiger partial charge in [0.05, 0.1) is 5.69 Å². The molecule has 5 N–H and O–H groups in total. The van der Waals surface area contributed by atoms with E-state index < -0.39 is 10.0 Å². The van der Waals surface area contributed by atoms with Crippen LogP contribution < -0.4 is 16.2 Å². The summed E-state index contributed by atoms with van der Waals surface area (Å²) in [6.45, 7) is 3.82. The van der Waals surface area contributed by atoms with Gasteiger partial charge in [-0.25, -0.2) is 13.6 Å². The maximum absolute atomic E-state index is 11.5. The highest BCUT2D eigenvalue weighted by atomic mass is 32.2. The third-order valence-electron chi connectivity index (χ3n) is 3.25. The van der Waals surface area contributed by atoms with Crippen molar-refractivity contribution in [1.82, 2.24) is 4.90 Å². The van der Waals surface area contributed by atoms with Crippen molar-refractivity contribution in [3.63, 3.8) is 0 Å². The third kappa shape index (κ3) is 3.82. The van der Waals surface area contributed by atoms with Crippen LogP contribution in [0, 0.1) is 0 Å². The van der Waals surface area contributed by atoms with E-state index in [2.05, 4.69) is 10.2 Å². The fourth-order valence-corrected chi connectivity index (χ4v) is 3.02. The molecule has 6 nitrogen and oxygen atoms in total. The molecule has 0 atom stereocenters. The minimum atomic E-state index is -3.76. The molecule has 0 amide bonds. The van der Waals surface area contributed by atoms with Gasteiger partial charge in [-0.15, -0.1) is 0 Å². The van der Waals surface area contributed by atoms with E-state index in [1.165, 1.54) is 18.9 Å². The molecular formula is C12H20N4O2S. The predicted octanol–water partition coefficient (Wildman–Crippen LogP) is 0.424. The average Bonchev–Trinajstić information content (AvgIpc) is 2.83. The number of sulfonamides is 1. The smallest absolute Gasteiger partial charge is 0.240 e. The second-order valence-electron chi connectivity index (χ2n) is 4.78. The zero-order valence-corrected chi connectivity index (χ0v) is 11.6. The van der Waals surface area contributed by atoms with Crippen LogP contribution in [0.5, 0.6) is 0 Å². The molecule has 0 bridgehead atoms. The quantitative estimate of drug-likeness (QED) is 0.680. The molecule has 1 aliphatic heterocycles. The van der Waals surface area contributed by atoms with Crippen LogP contribution in [-0.4, -0.2) is 39.5 Å². The van der Waals surface area contributed by atoms with Gasteiger partial charge in [-0.2, -0.15) is 0 Å². The molecule has 0 spiro atoms. The van der Waals surface area contributed by atoms with Gasteiger partial charge in [-0.05, 0) is 44.1 Å². The number of hydrogen-bond donors (Lipinski definition) is 3. The maximum atomic E-state index is 11.5. The fourth-order valence-electron chi connectivity index (χ4n) is 2.28. The van der Waals surface area contributed by atoms with Crippen LogP contribution in [0.1, 0.15) is 12.8 Å². The predicted molar refractivity (Wildman–Crippen MR) is 76.4 cm³/mol. The Morgan fingerprint density at radius 1 is 1.26 bits per heavy atom. The maximum Gasteiger partial charge on any atom is 0.240 e. The molecule has 0 aliphatic carbocycles. The number of hydrogen-bond acceptors (Lipinski definition) is 5. The lowest BCUT2D eigenvalue weighted by Gasteiger charge is -2.16. The molecule has 1 aliphatic rings. The van der Waals surface area contributed by atoms with Gasteiger partial charge in [0.15, 0.2) is 0 Å². The summed E-state index contributed by atoms with van der Waals surface area (Å²) in [5.41, 5.74) is 6.49. The number of rotatable bonds is 5. The number of nitrogen functional groups attached to an aromatic ring is 1. The van der Waals surface area contributed by atoms with E-state index in [0.717, 1.165) is 19.6 Å². The molecule has 0 aromatic heterocycles. The third-order valence-corrected chi connectivity index (χ3v) is 4.21. The molecule has 0 saturated carbocycles. The summed E-state index contributed by atoms with van der Waals surface area (Å²) < 4.78 is 23.0. The van der Waals surface area contributed by atoms with Crippen molar-refractivity contribution in [3.8, 4) is 0 Å². The molecular weight excluding hydrogens is 264 g/mol. The summed E-state index contributed by atoms with van der Waals surface area (Å²) in [7, 11) is -3.76. The van der Waals surface area contributed by atoms with Gasteiger partial charge in [-0.3, -0.25) is 0 Å². The SMILES string of the molecule is Nc1ccc(NCCN2CCCC2)c(S(N)(=O)=O)c1. The lowest BCUT2D eigenvalue weighted by molar-refractivity contribution is 0.352. The number of likely N-dealkylation sites (tertiary alicyclic amines) is 1. The largest absolute Gasteiger partial charge is 0.399 e. The second kappa shape index (κ2) is 5.77. The minimum Gasteiger partial charge on any atom is -0.399 e. The van der Waals surface area contributed by atoms with E-state index in [0.29, 0.717) is 17.9 Å². The van der Waals surface area contributed by atoms with Crippen LogP contribution in [0.3, 0.4) is 0 Å². The van der Waals surface area contributed by atoms with Gasteiger partial charge in [0, 0.05) is 18.8 Å². The zero-order valence-electron chi connectivity index (χ0n) is 10.8. The Hall–Kier alpha value is -1.31. The highest BCUT2D eigenvalue weighted by Crippen LogP contribution is 2.22. The molecule has 1 aromatic rings. The lowest BCUT2D eigenvalue weighted by atomic mass is 10.3. The number of primary sulfonamides is 1. The molecule has 0 radical (unpaired) electrons. The molecule has 106 valence electrons. The first-order valence-electron chi connectivity index (χ1n) is 6.35. The van der Waals surface area contributed by atoms with Crippen molar-refractivity contribution in [3.05, 3.63) is 18.2 Å². The van der Waals surface area contributed by atoms with Crippen LogP contribution in [0.2, 0.25) is 0 Å². The van der Waals surface area contributed by atoms with Crippen molar-refractivity contribution in [1.29, 1.82) is 0 Å². The first-order valence-corrected chi connectivity index (χ1v) is 7.90. The standard InChI is InChI=1S/C12H20N4O2S/c13-10-3-4-11(12(9-10)19(14,17)18)15-5-8-16-6-1-2-7-16/h3-4,9,15H,1-2,5-8,13H2,(H2,14,17,18). The Kier molecular flexibility index (Phi) is 4.28. The Labute approximate surface area is 113 Å². The topological polar surface area (TPSA) is 101 Å². The van der Waals surface area contributed by atoms with Gasteiger partial charge in [0.2, 0.25) is 10.0 Å². The fraction of sp³-hybridized carbons (Fsp3) is 0.500. The Morgan fingerprint density at radius 2 is 1.95 bits per heavy atom. The van der Waals surface area contributed by atoms with Crippen LogP contribution in [0.25, 0.3) is 0 Å². The van der Waals surface area contributed by atoms with Crippen LogP contribution in [0.4, 0.5) is 11.4 Å². The van der Waals surface area contributed by atoms with E-state index in [1.54, 1.807) is 12.1 Å². The van der Waals surface area contributed by atoms with E-state index in [1.807, 2.05) is 0 Å². The van der Waals surface area contributed by atoms with Crippen LogP contribution in [0.15, 0.2) is 23.1 Å². The summed E-state index contributed by atoms with van der Waals surface area (Å²) in [6, 6.07) is 4.69. The molecule has 1 heterocycles. The molecule has 7 heteroatoms. The number of nitrogens with one attached hydrogen (secondary N) is 1. The highest BCUT2D eigenvalue weighted by molar-refractivity contribution is 7.89. The first-order chi connectivity index (χ1) is 8.97. The van der Waals surface area contributed by atoms with E-state index in [4.69, 9.17) is 10.9 Å². The van der Waals surface area contributed by atoms with Crippen molar-refractivity contribution in [2.45, 2.75) is 17.7 Å². The normalized spacial score (nSPS) is 16.7. The van der Waals surface area contributed by atoms with E-state index in [9.17, 15) is 8.42 Å². The van der Waals surface area contributed by atoms with E-state index >= 15 is 0 Å². The van der Waals surface area contributed by atoms with Gasteiger partial charge >= 0.3 is 0 Å². The van der Waals surface area contributed by atoms with Crippen LogP contribution in [-0.2, 0) is 10.0 Å². The molecule has 0 unspecified atom stereocenters. The minimum absolute atomic E-state index is 0.0499. The van der Waals surface area contributed by atoms with Gasteiger partial charge in [-0.1, -0.05) is 0 Å². The summed E-state index contributed by atoms with van der Waals surface area (Å²) in [5.74, 6) is 0. The molecule has 1 fully saturated rings. The Bertz CT molecular complexity index is 539. The van der Waals surface area contributed by atoms with Gasteiger partial charge in [0.25, 0.3) is 0 Å². The van der Waals surface area contributed by atoms with Crippen molar-refractivity contribution >= 4 is 21.4 Å². The number of nitrogens with two attached hydrogens (primary N) is 2. The van der Waals surface area contributed by atoms with Crippen LogP contribution >= 0.6 is 0 Å². The van der Waals surface area contributed by atoms with Crippen molar-refractivity contribution < 1.29 is 8.42 Å². The summed E-state index contributed by atoms with van der Waals surface area (Å²) in [6.07, 6.45) is 2.48. The number of nitrogens with zero attached hydrogens (tertiary/aromatic N) is 1. The molecule has 1 aromatic carbocycles. The zero-order chi connectivity index (χ0) is 13.9. The summed E-state index contributed by atoms with van der Waals surface area (Å²) in [5, 5.41) is 8.30. The van der Waals surface area contributed by atoms with Crippen molar-refractivity contribution in [2.24, 2.45) is 5.14 Å². The Morgan fingerprint density at radius 3 is 2.58 bits per heavy atom. The number of anilines is 2. The molecule has 1 saturated heterocycles. The second-order valence-corrected chi connectivity index (χ2v) is 6.31. The number of benzene rings is 1. The van der Waals surface area contributed by atoms with Crippen molar-refractivity contribution in [2.75, 3.05) is 37.2 Å². The monoisotopic (exact) mass is 284 g/mol. The van der Waals surface area contributed by atoms with Gasteiger partial charge in [0.1, 0.15) is 4.90 Å². The highest BCUT2D eigenvalue weighted by Gasteiger charge is 2.15. The van der Waals surface area contributed by atoms with E-state index in [-0.39, 0.29) is 4.90 Å². The summed E-state index contributed by atoms with van der Waals surface area (Å²) >= 11 is 0. The lowest BCUT2D eigenvalue weighted by Crippen LogP contribution is -2.26.